The van der Waals surface area contributed by atoms with E-state index < -0.39 is 0 Å². The Balaban J connectivity index is 1.58. The first kappa shape index (κ1) is 17.5. The standard InChI is InChI=1S/C20H18ClN3O3/c1-26-14-10-8-13(9-11-14)18-22-19(27-23-18)17-7-4-12-24(17)20(25)15-5-2-3-6-16(15)21/h2-3,5-6,8-11,17H,4,7,12H2,1H3/t17-/m0/s1. The second-order valence-corrected chi connectivity index (χ2v) is 6.73. The van der Waals surface area contributed by atoms with E-state index in [1.807, 2.05) is 24.3 Å². The van der Waals surface area contributed by atoms with Crippen LogP contribution in [0.2, 0.25) is 5.02 Å². The third kappa shape index (κ3) is 3.40. The van der Waals surface area contributed by atoms with Gasteiger partial charge in [-0.05, 0) is 49.2 Å². The smallest absolute Gasteiger partial charge is 0.256 e. The number of methoxy groups -OCH3 is 1. The van der Waals surface area contributed by atoms with E-state index >= 15 is 0 Å². The summed E-state index contributed by atoms with van der Waals surface area (Å²) in [5.41, 5.74) is 1.31. The predicted octanol–water partition coefficient (Wildman–Crippen LogP) is 4.38. The van der Waals surface area contributed by atoms with E-state index in [1.54, 1.807) is 36.3 Å². The van der Waals surface area contributed by atoms with Gasteiger partial charge in [0.25, 0.3) is 5.91 Å². The van der Waals surface area contributed by atoms with Gasteiger partial charge in [0.05, 0.1) is 17.7 Å². The molecule has 0 spiro atoms. The Morgan fingerprint density at radius 2 is 2.00 bits per heavy atom. The average molecular weight is 384 g/mol. The number of ether oxygens (including phenoxy) is 1. The molecule has 2 aromatic carbocycles. The second kappa shape index (κ2) is 7.40. The highest BCUT2D eigenvalue weighted by Crippen LogP contribution is 2.34. The van der Waals surface area contributed by atoms with E-state index in [0.29, 0.717) is 28.8 Å². The zero-order valence-electron chi connectivity index (χ0n) is 14.8. The highest BCUT2D eigenvalue weighted by atomic mass is 35.5. The monoisotopic (exact) mass is 383 g/mol. The van der Waals surface area contributed by atoms with Crippen molar-refractivity contribution in [1.82, 2.24) is 15.0 Å². The first-order chi connectivity index (χ1) is 13.2. The Bertz CT molecular complexity index is 955. The summed E-state index contributed by atoms with van der Waals surface area (Å²) < 4.78 is 10.7. The molecule has 27 heavy (non-hydrogen) atoms. The molecular weight excluding hydrogens is 366 g/mol. The molecule has 1 atom stereocenters. The minimum Gasteiger partial charge on any atom is -0.497 e. The molecule has 4 rings (SSSR count). The third-order valence-electron chi connectivity index (χ3n) is 4.69. The molecule has 138 valence electrons. The van der Waals surface area contributed by atoms with E-state index in [4.69, 9.17) is 20.9 Å². The van der Waals surface area contributed by atoms with Crippen molar-refractivity contribution in [2.24, 2.45) is 0 Å². The van der Waals surface area contributed by atoms with Crippen molar-refractivity contribution in [1.29, 1.82) is 0 Å². The minimum atomic E-state index is -0.242. The SMILES string of the molecule is COc1ccc(-c2noc([C@@H]3CCCN3C(=O)c3ccccc3Cl)n2)cc1. The number of amides is 1. The summed E-state index contributed by atoms with van der Waals surface area (Å²) in [7, 11) is 1.62. The van der Waals surface area contributed by atoms with Crippen molar-refractivity contribution in [3.05, 3.63) is 65.0 Å². The summed E-state index contributed by atoms with van der Waals surface area (Å²) in [5, 5.41) is 4.52. The largest absolute Gasteiger partial charge is 0.497 e. The van der Waals surface area contributed by atoms with Crippen LogP contribution in [0.25, 0.3) is 11.4 Å². The number of benzene rings is 2. The van der Waals surface area contributed by atoms with Gasteiger partial charge in [-0.25, -0.2) is 0 Å². The first-order valence-corrected chi connectivity index (χ1v) is 9.08. The Hall–Kier alpha value is -2.86. The van der Waals surface area contributed by atoms with Crippen LogP contribution in [0, 0.1) is 0 Å². The van der Waals surface area contributed by atoms with Gasteiger partial charge in [-0.1, -0.05) is 28.9 Å². The summed E-state index contributed by atoms with van der Waals surface area (Å²) in [6.07, 6.45) is 1.65. The maximum absolute atomic E-state index is 12.9. The molecule has 6 nitrogen and oxygen atoms in total. The summed E-state index contributed by atoms with van der Waals surface area (Å²) in [5.74, 6) is 1.57. The Morgan fingerprint density at radius 1 is 1.22 bits per heavy atom. The highest BCUT2D eigenvalue weighted by molar-refractivity contribution is 6.33. The van der Waals surface area contributed by atoms with Gasteiger partial charge in [-0.3, -0.25) is 4.79 Å². The molecule has 1 aliphatic rings. The molecule has 0 aliphatic carbocycles. The van der Waals surface area contributed by atoms with E-state index in [1.165, 1.54) is 0 Å². The van der Waals surface area contributed by atoms with Gasteiger partial charge in [0.2, 0.25) is 11.7 Å². The normalized spacial score (nSPS) is 16.5. The number of halogens is 1. The van der Waals surface area contributed by atoms with Gasteiger partial charge in [0.15, 0.2) is 0 Å². The molecule has 2 heterocycles. The van der Waals surface area contributed by atoms with Crippen LogP contribution in [-0.4, -0.2) is 34.6 Å². The maximum Gasteiger partial charge on any atom is 0.256 e. The Labute approximate surface area is 161 Å². The average Bonchev–Trinajstić information content (AvgIpc) is 3.37. The van der Waals surface area contributed by atoms with Crippen LogP contribution in [-0.2, 0) is 0 Å². The molecule has 0 saturated carbocycles. The molecule has 1 saturated heterocycles. The van der Waals surface area contributed by atoms with Crippen molar-refractivity contribution in [2.45, 2.75) is 18.9 Å². The number of nitrogens with zero attached hydrogens (tertiary/aromatic N) is 3. The van der Waals surface area contributed by atoms with Crippen molar-refractivity contribution < 1.29 is 14.1 Å². The summed E-state index contributed by atoms with van der Waals surface area (Å²) in [6.45, 7) is 0.634. The third-order valence-corrected chi connectivity index (χ3v) is 5.02. The number of hydrogen-bond donors (Lipinski definition) is 0. The molecule has 1 aromatic heterocycles. The number of aromatic nitrogens is 2. The molecular formula is C20H18ClN3O3. The van der Waals surface area contributed by atoms with E-state index in [2.05, 4.69) is 10.1 Å². The van der Waals surface area contributed by atoms with Crippen molar-refractivity contribution in [2.75, 3.05) is 13.7 Å². The number of likely N-dealkylation sites (tertiary alicyclic amines) is 1. The molecule has 0 bridgehead atoms. The van der Waals surface area contributed by atoms with Crippen LogP contribution in [0.15, 0.2) is 53.1 Å². The molecule has 0 N–H and O–H groups in total. The number of carbonyl (C=O) groups is 1. The van der Waals surface area contributed by atoms with Crippen molar-refractivity contribution in [3.63, 3.8) is 0 Å². The summed E-state index contributed by atoms with van der Waals surface area (Å²) in [6, 6.07) is 14.2. The van der Waals surface area contributed by atoms with Crippen molar-refractivity contribution in [3.8, 4) is 17.1 Å². The van der Waals surface area contributed by atoms with Gasteiger partial charge in [-0.2, -0.15) is 4.98 Å². The fourth-order valence-corrected chi connectivity index (χ4v) is 3.50. The molecule has 3 aromatic rings. The van der Waals surface area contributed by atoms with E-state index in [-0.39, 0.29) is 11.9 Å². The summed E-state index contributed by atoms with van der Waals surface area (Å²) in [4.78, 5) is 19.2. The quantitative estimate of drug-likeness (QED) is 0.668. The van der Waals surface area contributed by atoms with Gasteiger partial charge < -0.3 is 14.2 Å². The molecule has 1 amide bonds. The zero-order chi connectivity index (χ0) is 18.8. The predicted molar refractivity (Wildman–Crippen MR) is 101 cm³/mol. The van der Waals surface area contributed by atoms with Crippen LogP contribution in [0.5, 0.6) is 5.75 Å². The van der Waals surface area contributed by atoms with Crippen LogP contribution >= 0.6 is 11.6 Å². The molecule has 7 heteroatoms. The second-order valence-electron chi connectivity index (χ2n) is 6.32. The van der Waals surface area contributed by atoms with Gasteiger partial charge >= 0.3 is 0 Å². The van der Waals surface area contributed by atoms with Crippen LogP contribution in [0.4, 0.5) is 0 Å². The van der Waals surface area contributed by atoms with Gasteiger partial charge in [0, 0.05) is 12.1 Å². The topological polar surface area (TPSA) is 68.5 Å². The molecule has 1 aliphatic heterocycles. The fourth-order valence-electron chi connectivity index (χ4n) is 3.28. The molecule has 0 radical (unpaired) electrons. The first-order valence-electron chi connectivity index (χ1n) is 8.71. The lowest BCUT2D eigenvalue weighted by atomic mass is 10.1. The number of rotatable bonds is 4. The lowest BCUT2D eigenvalue weighted by Gasteiger charge is -2.22. The summed E-state index contributed by atoms with van der Waals surface area (Å²) >= 11 is 6.19. The minimum absolute atomic E-state index is 0.118. The van der Waals surface area contributed by atoms with Crippen LogP contribution < -0.4 is 4.74 Å². The van der Waals surface area contributed by atoms with Crippen molar-refractivity contribution >= 4 is 17.5 Å². The maximum atomic E-state index is 12.9. The van der Waals surface area contributed by atoms with Crippen LogP contribution in [0.1, 0.15) is 35.1 Å². The van der Waals surface area contributed by atoms with Crippen LogP contribution in [0.3, 0.4) is 0 Å². The van der Waals surface area contributed by atoms with E-state index in [9.17, 15) is 4.79 Å². The Morgan fingerprint density at radius 3 is 2.74 bits per heavy atom. The lowest BCUT2D eigenvalue weighted by Crippen LogP contribution is -2.30. The fraction of sp³-hybridized carbons (Fsp3) is 0.250. The van der Waals surface area contributed by atoms with E-state index in [0.717, 1.165) is 24.2 Å². The molecule has 0 unspecified atom stereocenters. The molecule has 1 fully saturated rings. The lowest BCUT2D eigenvalue weighted by molar-refractivity contribution is 0.0710. The number of carbonyl (C=O) groups excluding carboxylic acids is 1. The number of hydrogen-bond acceptors (Lipinski definition) is 5. The zero-order valence-corrected chi connectivity index (χ0v) is 15.5. The van der Waals surface area contributed by atoms with Gasteiger partial charge in [0.1, 0.15) is 11.8 Å². The highest BCUT2D eigenvalue weighted by Gasteiger charge is 2.35. The Kier molecular flexibility index (Phi) is 4.81. The van der Waals surface area contributed by atoms with Gasteiger partial charge in [-0.15, -0.1) is 0 Å².